The zero-order valence-corrected chi connectivity index (χ0v) is 11.1. The van der Waals surface area contributed by atoms with Crippen molar-refractivity contribution in [1.29, 1.82) is 0 Å². The first-order valence-corrected chi connectivity index (χ1v) is 5.68. The van der Waals surface area contributed by atoms with Crippen LogP contribution in [-0.2, 0) is 20.0 Å². The first-order chi connectivity index (χ1) is 5.93. The van der Waals surface area contributed by atoms with Crippen molar-refractivity contribution >= 4 is 25.9 Å². The van der Waals surface area contributed by atoms with E-state index in [4.69, 9.17) is 5.73 Å². The predicted molar refractivity (Wildman–Crippen MR) is 49.5 cm³/mol. The van der Waals surface area contributed by atoms with Gasteiger partial charge in [-0.2, -0.15) is 0 Å². The average molecular weight is 239 g/mol. The number of rotatable bonds is 2. The first-order valence-electron chi connectivity index (χ1n) is 3.27. The van der Waals surface area contributed by atoms with Gasteiger partial charge in [0.25, 0.3) is 0 Å². The summed E-state index contributed by atoms with van der Waals surface area (Å²) in [6.45, 7) is 0. The number of hydrogen-bond donors (Lipinski definition) is 1. The number of carbonyl (C=O) groups is 1. The van der Waals surface area contributed by atoms with Gasteiger partial charge in [0.15, 0.2) is 0 Å². The standard InChI is InChI=1S/C7H7NO3S2.Na/c8-7(9)5-3-1-2-4-6(5)13(10,11)12;/h1-4H,(H2,8,9)(H,10,11,12);/q;+1/p-1. The Kier molecular flexibility index (Phi) is 5.21. The summed E-state index contributed by atoms with van der Waals surface area (Å²) in [5.41, 5.74) is 4.89. The molecular formula is C7H6NNaO3S2. The molecule has 0 radical (unpaired) electrons. The Morgan fingerprint density at radius 2 is 1.93 bits per heavy atom. The second-order valence-electron chi connectivity index (χ2n) is 2.31. The number of hydrogen-bond acceptors (Lipinski definition) is 4. The van der Waals surface area contributed by atoms with Gasteiger partial charge < -0.3 is 10.3 Å². The number of benzene rings is 1. The van der Waals surface area contributed by atoms with Gasteiger partial charge >= 0.3 is 29.6 Å². The van der Waals surface area contributed by atoms with Crippen LogP contribution < -0.4 is 35.3 Å². The molecule has 0 aliphatic carbocycles. The zero-order chi connectivity index (χ0) is 10.1. The van der Waals surface area contributed by atoms with E-state index in [1.165, 1.54) is 24.3 Å². The number of amides is 1. The molecule has 0 aromatic heterocycles. The Balaban J connectivity index is 0.00000169. The maximum atomic E-state index is 11.0. The monoisotopic (exact) mass is 239 g/mol. The molecule has 1 amide bonds. The van der Waals surface area contributed by atoms with Gasteiger partial charge in [0.05, 0.1) is 5.56 Å². The molecule has 0 fully saturated rings. The zero-order valence-electron chi connectivity index (χ0n) is 7.43. The quantitative estimate of drug-likeness (QED) is 0.558. The van der Waals surface area contributed by atoms with Crippen molar-refractivity contribution in [2.24, 2.45) is 5.73 Å². The molecule has 4 nitrogen and oxygen atoms in total. The fourth-order valence-electron chi connectivity index (χ4n) is 0.888. The van der Waals surface area contributed by atoms with Crippen LogP contribution in [0.2, 0.25) is 0 Å². The molecule has 0 heterocycles. The molecule has 1 rings (SSSR count). The van der Waals surface area contributed by atoms with E-state index < -0.39 is 14.7 Å². The van der Waals surface area contributed by atoms with Crippen molar-refractivity contribution in [3.05, 3.63) is 29.8 Å². The van der Waals surface area contributed by atoms with Crippen LogP contribution in [0, 0.1) is 0 Å². The van der Waals surface area contributed by atoms with Gasteiger partial charge in [-0.05, 0) is 32.1 Å². The summed E-state index contributed by atoms with van der Waals surface area (Å²) in [6, 6.07) is 5.57. The van der Waals surface area contributed by atoms with Crippen LogP contribution in [0.15, 0.2) is 29.2 Å². The van der Waals surface area contributed by atoms with Gasteiger partial charge in [0.1, 0.15) is 0 Å². The summed E-state index contributed by atoms with van der Waals surface area (Å²) in [5.74, 6) is -0.802. The maximum absolute atomic E-state index is 11.0. The topological polar surface area (TPSA) is 83.2 Å². The van der Waals surface area contributed by atoms with Crippen LogP contribution in [0.25, 0.3) is 0 Å². The van der Waals surface area contributed by atoms with Crippen molar-refractivity contribution in [2.75, 3.05) is 0 Å². The van der Waals surface area contributed by atoms with Gasteiger partial charge in [-0.1, -0.05) is 12.1 Å². The van der Waals surface area contributed by atoms with Gasteiger partial charge in [0.2, 0.25) is 5.91 Å². The third-order valence-electron chi connectivity index (χ3n) is 1.42. The Bertz CT molecular complexity index is 444. The second-order valence-corrected chi connectivity index (χ2v) is 4.98. The molecule has 2 N–H and O–H groups in total. The van der Waals surface area contributed by atoms with Crippen LogP contribution in [0.5, 0.6) is 0 Å². The molecule has 1 aromatic rings. The minimum Gasteiger partial charge on any atom is -0.766 e. The minimum absolute atomic E-state index is 0. The fourth-order valence-corrected chi connectivity index (χ4v) is 2.01. The molecule has 0 spiro atoms. The number of primary amides is 1. The molecule has 7 heteroatoms. The summed E-state index contributed by atoms with van der Waals surface area (Å²) < 4.78 is 21.9. The molecule has 14 heavy (non-hydrogen) atoms. The number of carbonyl (C=O) groups excluding carboxylic acids is 1. The van der Waals surface area contributed by atoms with Crippen molar-refractivity contribution in [1.82, 2.24) is 0 Å². The van der Waals surface area contributed by atoms with Gasteiger partial charge in [0, 0.05) is 4.90 Å². The first kappa shape index (κ1) is 14.0. The van der Waals surface area contributed by atoms with Crippen LogP contribution in [-0.4, -0.2) is 14.7 Å². The van der Waals surface area contributed by atoms with E-state index in [1.807, 2.05) is 0 Å². The molecule has 70 valence electrons. The molecule has 1 aromatic carbocycles. The van der Waals surface area contributed by atoms with Crippen molar-refractivity contribution < 1.29 is 43.1 Å². The smallest absolute Gasteiger partial charge is 0.766 e. The van der Waals surface area contributed by atoms with E-state index in [0.29, 0.717) is 0 Å². The second kappa shape index (κ2) is 5.20. The molecule has 0 aliphatic rings. The molecular weight excluding hydrogens is 233 g/mol. The van der Waals surface area contributed by atoms with Gasteiger partial charge in [-0.3, -0.25) is 9.00 Å². The largest absolute Gasteiger partial charge is 1.00 e. The Morgan fingerprint density at radius 3 is 2.29 bits per heavy atom. The Hall–Kier alpha value is 0.0200. The van der Waals surface area contributed by atoms with Crippen LogP contribution in [0.4, 0.5) is 0 Å². The van der Waals surface area contributed by atoms with E-state index in [-0.39, 0.29) is 40.0 Å². The molecule has 1 unspecified atom stereocenters. The summed E-state index contributed by atoms with van der Waals surface area (Å²) >= 11 is 4.22. The van der Waals surface area contributed by atoms with Crippen LogP contribution in [0.1, 0.15) is 10.4 Å². The van der Waals surface area contributed by atoms with Crippen molar-refractivity contribution in [3.63, 3.8) is 0 Å². The summed E-state index contributed by atoms with van der Waals surface area (Å²) in [5, 5.41) is 0. The Morgan fingerprint density at radius 1 is 1.43 bits per heavy atom. The molecule has 0 saturated heterocycles. The molecule has 1 atom stereocenters. The van der Waals surface area contributed by atoms with Crippen molar-refractivity contribution in [3.8, 4) is 0 Å². The summed E-state index contributed by atoms with van der Waals surface area (Å²) in [7, 11) is -3.80. The average Bonchev–Trinajstić information content (AvgIpc) is 2.03. The molecule has 0 aliphatic heterocycles. The predicted octanol–water partition coefficient (Wildman–Crippen LogP) is -2.97. The normalized spacial score (nSPS) is 13.8. The van der Waals surface area contributed by atoms with E-state index >= 15 is 0 Å². The fraction of sp³-hybridized carbons (Fsp3) is 0. The Labute approximate surface area is 109 Å². The van der Waals surface area contributed by atoms with E-state index in [2.05, 4.69) is 11.2 Å². The van der Waals surface area contributed by atoms with Gasteiger partial charge in [-0.25, -0.2) is 0 Å². The van der Waals surface area contributed by atoms with Crippen LogP contribution in [0.3, 0.4) is 0 Å². The van der Waals surface area contributed by atoms with E-state index in [0.717, 1.165) is 0 Å². The number of nitrogens with two attached hydrogens (primary N) is 1. The molecule has 0 saturated carbocycles. The minimum atomic E-state index is -3.80. The third kappa shape index (κ3) is 3.30. The molecule has 0 bridgehead atoms. The third-order valence-corrected chi connectivity index (χ3v) is 2.86. The van der Waals surface area contributed by atoms with E-state index in [1.54, 1.807) is 0 Å². The summed E-state index contributed by atoms with van der Waals surface area (Å²) in [6.07, 6.45) is 0. The summed E-state index contributed by atoms with van der Waals surface area (Å²) in [4.78, 5) is 10.6. The van der Waals surface area contributed by atoms with Gasteiger partial charge in [-0.15, -0.1) is 0 Å². The van der Waals surface area contributed by atoms with Crippen molar-refractivity contribution in [2.45, 2.75) is 4.90 Å². The van der Waals surface area contributed by atoms with E-state index in [9.17, 15) is 13.6 Å². The maximum Gasteiger partial charge on any atom is 1.00 e. The SMILES string of the molecule is NC(=O)c1ccccc1S(=O)([O-])=S.[Na+]. The van der Waals surface area contributed by atoms with Crippen LogP contribution >= 0.6 is 0 Å².